The summed E-state index contributed by atoms with van der Waals surface area (Å²) in [6.07, 6.45) is 0. The van der Waals surface area contributed by atoms with E-state index in [1.54, 1.807) is 48.2 Å². The molecule has 3 N–H and O–H groups in total. The number of methoxy groups -OCH3 is 2. The van der Waals surface area contributed by atoms with E-state index in [0.717, 1.165) is 25.7 Å². The van der Waals surface area contributed by atoms with Crippen molar-refractivity contribution in [3.05, 3.63) is 93.1 Å². The normalized spacial score (nSPS) is 10.0. The topological polar surface area (TPSA) is 179 Å². The molecule has 0 aliphatic heterocycles. The number of benzene rings is 2. The van der Waals surface area contributed by atoms with E-state index in [9.17, 15) is 5.26 Å². The van der Waals surface area contributed by atoms with Crippen LogP contribution in [0.25, 0.3) is 27.8 Å². The lowest BCUT2D eigenvalue weighted by Crippen LogP contribution is -2.29. The van der Waals surface area contributed by atoms with Crippen LogP contribution in [0.3, 0.4) is 0 Å². The molecular weight excluding hydrogens is 683 g/mol. The Balaban J connectivity index is 0.000000159. The number of nitrogens with zero attached hydrogens (tertiary/aromatic N) is 7. The Morgan fingerprint density at radius 1 is 0.814 bits per heavy atom. The fourth-order valence-electron chi connectivity index (χ4n) is 3.71. The van der Waals surface area contributed by atoms with Crippen molar-refractivity contribution in [2.24, 2.45) is 0 Å². The second-order valence-electron chi connectivity index (χ2n) is 8.44. The zero-order valence-electron chi connectivity index (χ0n) is 22.6. The van der Waals surface area contributed by atoms with Gasteiger partial charge in [-0.2, -0.15) is 20.7 Å². The van der Waals surface area contributed by atoms with Gasteiger partial charge in [0, 0.05) is 21.1 Å². The van der Waals surface area contributed by atoms with Crippen molar-refractivity contribution in [3.63, 3.8) is 0 Å². The van der Waals surface area contributed by atoms with Crippen LogP contribution in [-0.4, -0.2) is 61.3 Å². The highest BCUT2D eigenvalue weighted by Crippen LogP contribution is 2.24. The maximum absolute atomic E-state index is 9.20. The van der Waals surface area contributed by atoms with Gasteiger partial charge in [-0.15, -0.1) is 0 Å². The molecule has 0 radical (unpaired) electrons. The Bertz CT molecular complexity index is 1970. The SMILES string of the molecule is COc1ccc2[nH]nc(C#N)c2n1.COc1ccc2c(n1)c(C#N)nn2-c1cccc(Br)c1.OB(O)c1cccc(Br)c1. The number of nitriles is 2. The van der Waals surface area contributed by atoms with E-state index < -0.39 is 7.12 Å². The predicted octanol–water partition coefficient (Wildman–Crippen LogP) is 4.03. The molecule has 12 nitrogen and oxygen atoms in total. The third-order valence-electron chi connectivity index (χ3n) is 5.71. The van der Waals surface area contributed by atoms with Crippen LogP contribution >= 0.6 is 31.9 Å². The molecule has 0 amide bonds. The third kappa shape index (κ3) is 7.54. The van der Waals surface area contributed by atoms with Gasteiger partial charge >= 0.3 is 7.12 Å². The maximum Gasteiger partial charge on any atom is 0.488 e. The van der Waals surface area contributed by atoms with Crippen LogP contribution in [0, 0.1) is 22.7 Å². The summed E-state index contributed by atoms with van der Waals surface area (Å²) in [5.41, 5.74) is 4.49. The highest BCUT2D eigenvalue weighted by Gasteiger charge is 2.14. The molecule has 15 heteroatoms. The number of ether oxygens (including phenoxy) is 2. The number of rotatable bonds is 4. The molecule has 0 unspecified atom stereocenters. The largest absolute Gasteiger partial charge is 0.488 e. The molecule has 6 aromatic rings. The van der Waals surface area contributed by atoms with Crippen LogP contribution in [0.5, 0.6) is 11.8 Å². The number of fused-ring (bicyclic) bond motifs is 2. The van der Waals surface area contributed by atoms with Crippen molar-refractivity contribution in [1.82, 2.24) is 29.9 Å². The van der Waals surface area contributed by atoms with Gasteiger partial charge < -0.3 is 19.5 Å². The van der Waals surface area contributed by atoms with Crippen LogP contribution < -0.4 is 14.9 Å². The molecular formula is C28H21BBr2N8O4. The summed E-state index contributed by atoms with van der Waals surface area (Å²) in [4.78, 5) is 8.38. The number of aromatic nitrogens is 6. The number of pyridine rings is 2. The Morgan fingerprint density at radius 2 is 1.44 bits per heavy atom. The first kappa shape index (κ1) is 31.1. The molecule has 0 bridgehead atoms. The van der Waals surface area contributed by atoms with Gasteiger partial charge in [0.15, 0.2) is 11.4 Å². The smallest absolute Gasteiger partial charge is 0.481 e. The average Bonchev–Trinajstić information content (AvgIpc) is 3.62. The fraction of sp³-hybridized carbons (Fsp3) is 0.0714. The molecule has 43 heavy (non-hydrogen) atoms. The van der Waals surface area contributed by atoms with Crippen molar-refractivity contribution in [1.29, 1.82) is 10.5 Å². The van der Waals surface area contributed by atoms with E-state index >= 15 is 0 Å². The van der Waals surface area contributed by atoms with Crippen LogP contribution in [-0.2, 0) is 0 Å². The van der Waals surface area contributed by atoms with E-state index in [2.05, 4.69) is 63.2 Å². The monoisotopic (exact) mass is 702 g/mol. The maximum atomic E-state index is 9.20. The van der Waals surface area contributed by atoms with Crippen molar-refractivity contribution in [2.45, 2.75) is 0 Å². The highest BCUT2D eigenvalue weighted by atomic mass is 79.9. The number of halogens is 2. The zero-order valence-corrected chi connectivity index (χ0v) is 25.8. The second-order valence-corrected chi connectivity index (χ2v) is 10.3. The number of aromatic amines is 1. The number of H-pyrrole nitrogens is 1. The summed E-state index contributed by atoms with van der Waals surface area (Å²) in [6.45, 7) is 0. The molecule has 0 saturated carbocycles. The van der Waals surface area contributed by atoms with Crippen LogP contribution in [0.15, 0.2) is 81.7 Å². The minimum Gasteiger partial charge on any atom is -0.481 e. The molecule has 6 rings (SSSR count). The Hall–Kier alpha value is -4.80. The summed E-state index contributed by atoms with van der Waals surface area (Å²) >= 11 is 6.64. The Labute approximate surface area is 262 Å². The molecule has 0 spiro atoms. The zero-order chi connectivity index (χ0) is 30.9. The lowest BCUT2D eigenvalue weighted by Gasteiger charge is -2.04. The van der Waals surface area contributed by atoms with Crippen LogP contribution in [0.1, 0.15) is 11.4 Å². The highest BCUT2D eigenvalue weighted by molar-refractivity contribution is 9.10. The van der Waals surface area contributed by atoms with E-state index in [0.29, 0.717) is 28.3 Å². The van der Waals surface area contributed by atoms with Gasteiger partial charge in [0.25, 0.3) is 0 Å². The van der Waals surface area contributed by atoms with Gasteiger partial charge in [0.05, 0.1) is 30.9 Å². The van der Waals surface area contributed by atoms with Crippen molar-refractivity contribution >= 4 is 66.5 Å². The summed E-state index contributed by atoms with van der Waals surface area (Å²) in [7, 11) is 1.69. The van der Waals surface area contributed by atoms with E-state index in [1.807, 2.05) is 42.5 Å². The fourth-order valence-corrected chi connectivity index (χ4v) is 4.52. The van der Waals surface area contributed by atoms with Gasteiger partial charge in [0.1, 0.15) is 23.2 Å². The van der Waals surface area contributed by atoms with Gasteiger partial charge in [0.2, 0.25) is 11.8 Å². The molecule has 4 heterocycles. The summed E-state index contributed by atoms with van der Waals surface area (Å²) in [5, 5.41) is 46.0. The quantitative estimate of drug-likeness (QED) is 0.227. The van der Waals surface area contributed by atoms with Crippen LogP contribution in [0.2, 0.25) is 0 Å². The van der Waals surface area contributed by atoms with Crippen molar-refractivity contribution in [2.75, 3.05) is 14.2 Å². The van der Waals surface area contributed by atoms with Gasteiger partial charge in [-0.05, 0) is 47.9 Å². The first-order chi connectivity index (χ1) is 20.8. The molecule has 214 valence electrons. The third-order valence-corrected chi connectivity index (χ3v) is 6.70. The number of nitrogens with one attached hydrogen (secondary N) is 1. The van der Waals surface area contributed by atoms with Gasteiger partial charge in [-0.3, -0.25) is 5.10 Å². The Morgan fingerprint density at radius 3 is 2.02 bits per heavy atom. The van der Waals surface area contributed by atoms with E-state index in [4.69, 9.17) is 24.8 Å². The molecule has 0 atom stereocenters. The summed E-state index contributed by atoms with van der Waals surface area (Å²) in [6, 6.07) is 25.7. The predicted molar refractivity (Wildman–Crippen MR) is 167 cm³/mol. The first-order valence-corrected chi connectivity index (χ1v) is 13.9. The summed E-state index contributed by atoms with van der Waals surface area (Å²) < 4.78 is 13.5. The van der Waals surface area contributed by atoms with Gasteiger partial charge in [-0.25, -0.2) is 14.6 Å². The summed E-state index contributed by atoms with van der Waals surface area (Å²) in [5.74, 6) is 0.938. The molecule has 0 fully saturated rings. The minimum absolute atomic E-state index is 0.277. The van der Waals surface area contributed by atoms with E-state index in [-0.39, 0.29) is 11.4 Å². The minimum atomic E-state index is -1.38. The van der Waals surface area contributed by atoms with Gasteiger partial charge in [-0.1, -0.05) is 50.1 Å². The number of hydrogen-bond donors (Lipinski definition) is 3. The molecule has 0 aliphatic rings. The Kier molecular flexibility index (Phi) is 10.4. The lowest BCUT2D eigenvalue weighted by atomic mass is 9.81. The standard InChI is InChI=1S/C14H9BrN4O.C8H6N4O.C6H6BBrO2/c1-20-13-6-5-12-14(17-13)11(8-16)18-19(12)10-4-2-3-9(15)7-10;1-13-7-3-2-5-8(10-7)6(4-9)12-11-5;8-6-3-1-2-5(4-6)7(9)10/h2-7H,1H3;2-3H,1H3,(H,11,12);1-4,9-10H. The molecule has 2 aromatic carbocycles. The van der Waals surface area contributed by atoms with Crippen molar-refractivity contribution in [3.8, 4) is 29.6 Å². The molecule has 0 aliphatic carbocycles. The molecule has 4 aromatic heterocycles. The lowest BCUT2D eigenvalue weighted by molar-refractivity contribution is 0.399. The first-order valence-electron chi connectivity index (χ1n) is 12.3. The average molecular weight is 704 g/mol. The second kappa shape index (κ2) is 14.4. The van der Waals surface area contributed by atoms with Crippen molar-refractivity contribution < 1.29 is 19.5 Å². The molecule has 0 saturated heterocycles. The van der Waals surface area contributed by atoms with E-state index in [1.165, 1.54) is 7.11 Å². The van der Waals surface area contributed by atoms with Crippen LogP contribution in [0.4, 0.5) is 0 Å². The number of hydrogen-bond acceptors (Lipinski definition) is 10.